The van der Waals surface area contributed by atoms with Crippen molar-refractivity contribution in [1.29, 1.82) is 5.41 Å². The number of rotatable bonds is 4. The van der Waals surface area contributed by atoms with Crippen molar-refractivity contribution in [2.45, 2.75) is 9.79 Å². The van der Waals surface area contributed by atoms with E-state index in [2.05, 4.69) is 15.9 Å². The highest BCUT2D eigenvalue weighted by atomic mass is 79.9. The van der Waals surface area contributed by atoms with Crippen molar-refractivity contribution >= 4 is 33.5 Å². The quantitative estimate of drug-likeness (QED) is 0.657. The van der Waals surface area contributed by atoms with Gasteiger partial charge in [-0.3, -0.25) is 5.41 Å². The van der Waals surface area contributed by atoms with E-state index in [9.17, 15) is 0 Å². The summed E-state index contributed by atoms with van der Waals surface area (Å²) in [5.74, 6) is 0.907. The number of hydrogen-bond acceptors (Lipinski definition) is 3. The number of para-hydroxylation sites is 1. The molecule has 0 radical (unpaired) electrons. The molecule has 0 saturated carbocycles. The molecule has 0 fully saturated rings. The van der Waals surface area contributed by atoms with Gasteiger partial charge in [-0.05, 0) is 40.2 Å². The average Bonchev–Trinajstić information content (AvgIpc) is 2.41. The lowest BCUT2D eigenvalue weighted by Crippen LogP contribution is -2.10. The SMILES string of the molecule is COc1ccccc1Sc1ccc(C(=N)N)cc1Br. The van der Waals surface area contributed by atoms with Gasteiger partial charge in [0.05, 0.1) is 12.0 Å². The zero-order valence-corrected chi connectivity index (χ0v) is 12.7. The van der Waals surface area contributed by atoms with E-state index >= 15 is 0 Å². The molecule has 0 aliphatic carbocycles. The first-order valence-electron chi connectivity index (χ1n) is 5.56. The third-order valence-corrected chi connectivity index (χ3v) is 4.58. The maximum atomic E-state index is 7.42. The summed E-state index contributed by atoms with van der Waals surface area (Å²) in [5.41, 5.74) is 6.17. The van der Waals surface area contributed by atoms with Crippen LogP contribution in [-0.4, -0.2) is 12.9 Å². The van der Waals surface area contributed by atoms with Crippen LogP contribution in [0.2, 0.25) is 0 Å². The standard InChI is InChI=1S/C14H13BrN2OS/c1-18-11-4-2-3-5-13(11)19-12-7-6-9(14(16)17)8-10(12)15/h2-8H,1H3,(H3,16,17). The summed E-state index contributed by atoms with van der Waals surface area (Å²) < 4.78 is 6.24. The van der Waals surface area contributed by atoms with Crippen LogP contribution < -0.4 is 10.5 Å². The lowest BCUT2D eigenvalue weighted by atomic mass is 10.2. The first kappa shape index (κ1) is 14.0. The maximum absolute atomic E-state index is 7.42. The Labute approximate surface area is 124 Å². The van der Waals surface area contributed by atoms with Gasteiger partial charge >= 0.3 is 0 Å². The van der Waals surface area contributed by atoms with Crippen molar-refractivity contribution in [3.63, 3.8) is 0 Å². The summed E-state index contributed by atoms with van der Waals surface area (Å²) >= 11 is 5.11. The van der Waals surface area contributed by atoms with Crippen LogP contribution in [0.15, 0.2) is 56.7 Å². The molecule has 0 atom stereocenters. The normalized spacial score (nSPS) is 10.2. The van der Waals surface area contributed by atoms with Gasteiger partial charge < -0.3 is 10.5 Å². The fourth-order valence-electron chi connectivity index (χ4n) is 1.57. The highest BCUT2D eigenvalue weighted by Crippen LogP contribution is 2.38. The molecule has 2 aromatic rings. The molecule has 0 aliphatic heterocycles. The topological polar surface area (TPSA) is 59.1 Å². The fourth-order valence-corrected chi connectivity index (χ4v) is 3.12. The van der Waals surface area contributed by atoms with Crippen molar-refractivity contribution in [1.82, 2.24) is 0 Å². The molecule has 0 saturated heterocycles. The van der Waals surface area contributed by atoms with Crippen molar-refractivity contribution in [3.05, 3.63) is 52.5 Å². The first-order chi connectivity index (χ1) is 9.11. The molecular weight excluding hydrogens is 324 g/mol. The van der Waals surface area contributed by atoms with Crippen LogP contribution in [0.4, 0.5) is 0 Å². The van der Waals surface area contributed by atoms with E-state index in [4.69, 9.17) is 15.9 Å². The Morgan fingerprint density at radius 2 is 1.95 bits per heavy atom. The molecule has 0 aromatic heterocycles. The average molecular weight is 337 g/mol. The number of ether oxygens (including phenoxy) is 1. The molecule has 2 rings (SSSR count). The molecule has 19 heavy (non-hydrogen) atoms. The van der Waals surface area contributed by atoms with Gasteiger partial charge in [-0.2, -0.15) is 0 Å². The maximum Gasteiger partial charge on any atom is 0.132 e. The second-order valence-corrected chi connectivity index (χ2v) is 5.75. The molecule has 0 amide bonds. The van der Waals surface area contributed by atoms with Crippen LogP contribution in [0, 0.1) is 5.41 Å². The molecule has 3 nitrogen and oxygen atoms in total. The molecular formula is C14H13BrN2OS. The molecule has 0 heterocycles. The zero-order valence-electron chi connectivity index (χ0n) is 10.3. The molecule has 3 N–H and O–H groups in total. The van der Waals surface area contributed by atoms with Gasteiger partial charge in [0.15, 0.2) is 0 Å². The highest BCUT2D eigenvalue weighted by Gasteiger charge is 2.08. The van der Waals surface area contributed by atoms with Crippen LogP contribution in [0.1, 0.15) is 5.56 Å². The Bertz CT molecular complexity index is 616. The van der Waals surface area contributed by atoms with E-state index in [1.54, 1.807) is 18.9 Å². The van der Waals surface area contributed by atoms with Crippen LogP contribution in [0.5, 0.6) is 5.75 Å². The Kier molecular flexibility index (Phi) is 4.50. The summed E-state index contributed by atoms with van der Waals surface area (Å²) in [6.45, 7) is 0. The van der Waals surface area contributed by atoms with Gasteiger partial charge in [0.1, 0.15) is 11.6 Å². The predicted octanol–water partition coefficient (Wildman–Crippen LogP) is 3.89. The minimum atomic E-state index is 0.0644. The zero-order chi connectivity index (χ0) is 13.8. The summed E-state index contributed by atoms with van der Waals surface area (Å²) in [6, 6.07) is 13.5. The first-order valence-corrected chi connectivity index (χ1v) is 7.17. The second-order valence-electron chi connectivity index (χ2n) is 3.81. The minimum absolute atomic E-state index is 0.0644. The Hall–Kier alpha value is -1.46. The van der Waals surface area contributed by atoms with E-state index in [0.29, 0.717) is 5.56 Å². The molecule has 0 aliphatic rings. The van der Waals surface area contributed by atoms with Crippen molar-refractivity contribution in [2.75, 3.05) is 7.11 Å². The summed E-state index contributed by atoms with van der Waals surface area (Å²) in [5, 5.41) is 7.42. The monoisotopic (exact) mass is 336 g/mol. The lowest BCUT2D eigenvalue weighted by molar-refractivity contribution is 0.405. The number of benzene rings is 2. The third-order valence-electron chi connectivity index (χ3n) is 2.53. The number of hydrogen-bond donors (Lipinski definition) is 2. The van der Waals surface area contributed by atoms with Gasteiger partial charge in [0.2, 0.25) is 0 Å². The molecule has 0 spiro atoms. The van der Waals surface area contributed by atoms with E-state index in [1.807, 2.05) is 42.5 Å². The number of amidine groups is 1. The Morgan fingerprint density at radius 1 is 1.21 bits per heavy atom. The van der Waals surface area contributed by atoms with Gasteiger partial charge in [-0.25, -0.2) is 0 Å². The van der Waals surface area contributed by atoms with Crippen molar-refractivity contribution in [2.24, 2.45) is 5.73 Å². The number of nitrogens with two attached hydrogens (primary N) is 1. The van der Waals surface area contributed by atoms with E-state index in [0.717, 1.165) is 20.0 Å². The van der Waals surface area contributed by atoms with Crippen LogP contribution in [-0.2, 0) is 0 Å². The van der Waals surface area contributed by atoms with Gasteiger partial charge in [0, 0.05) is 14.9 Å². The van der Waals surface area contributed by atoms with E-state index in [-0.39, 0.29) is 5.84 Å². The minimum Gasteiger partial charge on any atom is -0.496 e. The van der Waals surface area contributed by atoms with Crippen LogP contribution >= 0.6 is 27.7 Å². The molecule has 98 valence electrons. The lowest BCUT2D eigenvalue weighted by Gasteiger charge is -2.09. The van der Waals surface area contributed by atoms with Crippen molar-refractivity contribution < 1.29 is 4.74 Å². The largest absolute Gasteiger partial charge is 0.496 e. The third kappa shape index (κ3) is 3.30. The summed E-state index contributed by atoms with van der Waals surface area (Å²) in [6.07, 6.45) is 0. The molecule has 0 bridgehead atoms. The van der Waals surface area contributed by atoms with Crippen LogP contribution in [0.3, 0.4) is 0 Å². The van der Waals surface area contributed by atoms with E-state index < -0.39 is 0 Å². The smallest absolute Gasteiger partial charge is 0.132 e. The van der Waals surface area contributed by atoms with Crippen molar-refractivity contribution in [3.8, 4) is 5.75 Å². The second kappa shape index (κ2) is 6.12. The predicted molar refractivity (Wildman–Crippen MR) is 82.3 cm³/mol. The highest BCUT2D eigenvalue weighted by molar-refractivity contribution is 9.10. The number of halogens is 1. The number of nitrogen functional groups attached to an aromatic ring is 1. The molecule has 2 aromatic carbocycles. The van der Waals surface area contributed by atoms with Crippen LogP contribution in [0.25, 0.3) is 0 Å². The Morgan fingerprint density at radius 3 is 2.58 bits per heavy atom. The molecule has 0 unspecified atom stereocenters. The number of nitrogens with one attached hydrogen (secondary N) is 1. The molecule has 5 heteroatoms. The fraction of sp³-hybridized carbons (Fsp3) is 0.0714. The number of methoxy groups -OCH3 is 1. The van der Waals surface area contributed by atoms with E-state index in [1.165, 1.54) is 0 Å². The van der Waals surface area contributed by atoms with Gasteiger partial charge in [-0.1, -0.05) is 30.0 Å². The van der Waals surface area contributed by atoms with Gasteiger partial charge in [0.25, 0.3) is 0 Å². The summed E-state index contributed by atoms with van der Waals surface area (Å²) in [7, 11) is 1.66. The Balaban J connectivity index is 2.31. The van der Waals surface area contributed by atoms with Gasteiger partial charge in [-0.15, -0.1) is 0 Å². The summed E-state index contributed by atoms with van der Waals surface area (Å²) in [4.78, 5) is 2.09.